The summed E-state index contributed by atoms with van der Waals surface area (Å²) in [5.41, 5.74) is 0. The number of hydrogen-bond acceptors (Lipinski definition) is 2. The first kappa shape index (κ1) is 13.9. The van der Waals surface area contributed by atoms with E-state index in [0.717, 1.165) is 64.0 Å². The molecular weight excluding hydrogens is 226 g/mol. The van der Waals surface area contributed by atoms with E-state index in [-0.39, 0.29) is 6.10 Å². The van der Waals surface area contributed by atoms with Gasteiger partial charge in [0, 0.05) is 19.5 Å². The van der Waals surface area contributed by atoms with Crippen LogP contribution in [0.25, 0.3) is 0 Å². The van der Waals surface area contributed by atoms with Crippen LogP contribution in [-0.2, 0) is 4.79 Å². The number of hydrogen-bond donors (Lipinski definition) is 1. The highest BCUT2D eigenvalue weighted by Gasteiger charge is 2.27. The number of rotatable bonds is 4. The number of carbonyl (C=O) groups is 1. The third-order valence-corrected chi connectivity index (χ3v) is 4.89. The van der Waals surface area contributed by atoms with Crippen molar-refractivity contribution < 1.29 is 9.90 Å². The van der Waals surface area contributed by atoms with Crippen LogP contribution in [0.4, 0.5) is 0 Å². The van der Waals surface area contributed by atoms with Crippen LogP contribution in [0.1, 0.15) is 58.3 Å². The summed E-state index contributed by atoms with van der Waals surface area (Å²) >= 11 is 0. The van der Waals surface area contributed by atoms with Crippen molar-refractivity contribution in [3.05, 3.63) is 0 Å². The molecule has 0 aromatic carbocycles. The molecule has 3 unspecified atom stereocenters. The summed E-state index contributed by atoms with van der Waals surface area (Å²) in [5.74, 6) is 1.50. The molecule has 0 radical (unpaired) electrons. The Kier molecular flexibility index (Phi) is 5.04. The van der Waals surface area contributed by atoms with Crippen molar-refractivity contribution in [2.45, 2.75) is 64.4 Å². The van der Waals surface area contributed by atoms with Gasteiger partial charge in [-0.3, -0.25) is 4.79 Å². The van der Waals surface area contributed by atoms with Gasteiger partial charge in [0.1, 0.15) is 0 Å². The van der Waals surface area contributed by atoms with Crippen LogP contribution in [-0.4, -0.2) is 35.1 Å². The van der Waals surface area contributed by atoms with Crippen molar-refractivity contribution in [3.8, 4) is 0 Å². The minimum Gasteiger partial charge on any atom is -0.393 e. The van der Waals surface area contributed by atoms with Crippen LogP contribution in [0.2, 0.25) is 0 Å². The first-order valence-corrected chi connectivity index (χ1v) is 7.66. The van der Waals surface area contributed by atoms with E-state index in [0.29, 0.717) is 11.8 Å². The summed E-state index contributed by atoms with van der Waals surface area (Å²) < 4.78 is 0. The zero-order valence-electron chi connectivity index (χ0n) is 11.6. The molecule has 18 heavy (non-hydrogen) atoms. The minimum absolute atomic E-state index is 0.115. The van der Waals surface area contributed by atoms with Gasteiger partial charge in [0.2, 0.25) is 5.91 Å². The molecule has 1 N–H and O–H groups in total. The lowest BCUT2D eigenvalue weighted by Crippen LogP contribution is -2.33. The van der Waals surface area contributed by atoms with E-state index in [2.05, 4.69) is 6.92 Å². The topological polar surface area (TPSA) is 40.5 Å². The highest BCUT2D eigenvalue weighted by molar-refractivity contribution is 5.76. The molecule has 0 aromatic rings. The normalized spacial score (nSPS) is 33.8. The fourth-order valence-electron chi connectivity index (χ4n) is 3.41. The van der Waals surface area contributed by atoms with Gasteiger partial charge >= 0.3 is 0 Å². The summed E-state index contributed by atoms with van der Waals surface area (Å²) in [6.45, 7) is 4.01. The standard InChI is InChI=1S/C15H27NO2/c1-2-12-6-7-15(18)16(10-8-12)11-9-13-4-3-5-14(13)17/h12-14,17H,2-11H2,1H3. The molecule has 2 fully saturated rings. The fourth-order valence-corrected chi connectivity index (χ4v) is 3.41. The fraction of sp³-hybridized carbons (Fsp3) is 0.933. The van der Waals surface area contributed by atoms with E-state index < -0.39 is 0 Å². The van der Waals surface area contributed by atoms with Crippen LogP contribution < -0.4 is 0 Å². The summed E-state index contributed by atoms with van der Waals surface area (Å²) in [6.07, 6.45) is 8.27. The van der Waals surface area contributed by atoms with E-state index in [1.165, 1.54) is 6.42 Å². The molecule has 3 heteroatoms. The molecule has 3 atom stereocenters. The molecule has 0 bridgehead atoms. The van der Waals surface area contributed by atoms with Gasteiger partial charge in [0.25, 0.3) is 0 Å². The largest absolute Gasteiger partial charge is 0.393 e. The minimum atomic E-state index is -0.115. The SMILES string of the molecule is CCC1CCC(=O)N(CCC2CCCC2O)CC1. The zero-order valence-corrected chi connectivity index (χ0v) is 11.6. The second-order valence-corrected chi connectivity index (χ2v) is 6.03. The Morgan fingerprint density at radius 3 is 2.78 bits per heavy atom. The molecule has 104 valence electrons. The molecule has 1 saturated heterocycles. The van der Waals surface area contributed by atoms with Gasteiger partial charge in [-0.1, -0.05) is 19.8 Å². The van der Waals surface area contributed by atoms with Crippen LogP contribution in [0.5, 0.6) is 0 Å². The van der Waals surface area contributed by atoms with Crippen LogP contribution in [0.15, 0.2) is 0 Å². The van der Waals surface area contributed by atoms with Gasteiger partial charge < -0.3 is 10.0 Å². The third kappa shape index (κ3) is 3.47. The van der Waals surface area contributed by atoms with Crippen molar-refractivity contribution in [1.29, 1.82) is 0 Å². The average Bonchev–Trinajstić information content (AvgIpc) is 2.68. The van der Waals surface area contributed by atoms with Crippen LogP contribution in [0.3, 0.4) is 0 Å². The number of likely N-dealkylation sites (tertiary alicyclic amines) is 1. The number of aliphatic hydroxyl groups excluding tert-OH is 1. The number of nitrogens with zero attached hydrogens (tertiary/aromatic N) is 1. The Morgan fingerprint density at radius 2 is 2.11 bits per heavy atom. The van der Waals surface area contributed by atoms with Gasteiger partial charge in [-0.2, -0.15) is 0 Å². The van der Waals surface area contributed by atoms with Crippen molar-refractivity contribution in [2.24, 2.45) is 11.8 Å². The van der Waals surface area contributed by atoms with E-state index in [4.69, 9.17) is 0 Å². The van der Waals surface area contributed by atoms with Crippen LogP contribution >= 0.6 is 0 Å². The molecular formula is C15H27NO2. The van der Waals surface area contributed by atoms with Gasteiger partial charge in [-0.05, 0) is 43.9 Å². The van der Waals surface area contributed by atoms with E-state index in [1.54, 1.807) is 0 Å². The highest BCUT2D eigenvalue weighted by Crippen LogP contribution is 2.29. The third-order valence-electron chi connectivity index (χ3n) is 4.89. The summed E-state index contributed by atoms with van der Waals surface area (Å²) in [5, 5.41) is 9.82. The molecule has 3 nitrogen and oxygen atoms in total. The molecule has 1 amide bonds. The molecule has 1 aliphatic heterocycles. The Morgan fingerprint density at radius 1 is 1.28 bits per heavy atom. The van der Waals surface area contributed by atoms with Crippen molar-refractivity contribution in [1.82, 2.24) is 4.90 Å². The smallest absolute Gasteiger partial charge is 0.222 e. The molecule has 2 rings (SSSR count). The summed E-state index contributed by atoms with van der Waals surface area (Å²) in [7, 11) is 0. The maximum atomic E-state index is 12.0. The van der Waals surface area contributed by atoms with Gasteiger partial charge in [-0.25, -0.2) is 0 Å². The van der Waals surface area contributed by atoms with E-state index in [1.807, 2.05) is 4.90 Å². The zero-order chi connectivity index (χ0) is 13.0. The number of aliphatic hydroxyl groups is 1. The number of amides is 1. The van der Waals surface area contributed by atoms with Gasteiger partial charge in [0.05, 0.1) is 6.10 Å². The Balaban J connectivity index is 1.79. The number of carbonyl (C=O) groups excluding carboxylic acids is 1. The molecule has 0 spiro atoms. The van der Waals surface area contributed by atoms with Crippen molar-refractivity contribution in [2.75, 3.05) is 13.1 Å². The second kappa shape index (κ2) is 6.55. The maximum absolute atomic E-state index is 12.0. The highest BCUT2D eigenvalue weighted by atomic mass is 16.3. The van der Waals surface area contributed by atoms with Gasteiger partial charge in [-0.15, -0.1) is 0 Å². The summed E-state index contributed by atoms with van der Waals surface area (Å²) in [6, 6.07) is 0. The Labute approximate surface area is 111 Å². The molecule has 1 heterocycles. The van der Waals surface area contributed by atoms with Crippen molar-refractivity contribution >= 4 is 5.91 Å². The van der Waals surface area contributed by atoms with Gasteiger partial charge in [0.15, 0.2) is 0 Å². The maximum Gasteiger partial charge on any atom is 0.222 e. The first-order chi connectivity index (χ1) is 8.70. The lowest BCUT2D eigenvalue weighted by Gasteiger charge is -2.23. The lowest BCUT2D eigenvalue weighted by atomic mass is 9.98. The average molecular weight is 253 g/mol. The quantitative estimate of drug-likeness (QED) is 0.836. The monoisotopic (exact) mass is 253 g/mol. The first-order valence-electron chi connectivity index (χ1n) is 7.66. The van der Waals surface area contributed by atoms with E-state index >= 15 is 0 Å². The van der Waals surface area contributed by atoms with Crippen molar-refractivity contribution in [3.63, 3.8) is 0 Å². The molecule has 2 aliphatic rings. The lowest BCUT2D eigenvalue weighted by molar-refractivity contribution is -0.131. The molecule has 0 aromatic heterocycles. The predicted octanol–water partition coefficient (Wildman–Crippen LogP) is 2.58. The van der Waals surface area contributed by atoms with E-state index in [9.17, 15) is 9.90 Å². The van der Waals surface area contributed by atoms with Crippen LogP contribution in [0, 0.1) is 11.8 Å². The Hall–Kier alpha value is -0.570. The molecule has 1 saturated carbocycles. The predicted molar refractivity (Wildman–Crippen MR) is 72.2 cm³/mol. The molecule has 1 aliphatic carbocycles. The second-order valence-electron chi connectivity index (χ2n) is 6.03. The Bertz CT molecular complexity index is 280. The summed E-state index contributed by atoms with van der Waals surface area (Å²) in [4.78, 5) is 14.1.